The van der Waals surface area contributed by atoms with Crippen LogP contribution in [0.5, 0.6) is 0 Å². The summed E-state index contributed by atoms with van der Waals surface area (Å²) in [5, 5.41) is 0.872. The van der Waals surface area contributed by atoms with Crippen LogP contribution in [0, 0.1) is 5.41 Å². The zero-order valence-electron chi connectivity index (χ0n) is 14.4. The molecule has 1 atom stereocenters. The van der Waals surface area contributed by atoms with E-state index in [4.69, 9.17) is 0 Å². The van der Waals surface area contributed by atoms with E-state index in [0.29, 0.717) is 18.5 Å². The maximum Gasteiger partial charge on any atom is 0.272 e. The van der Waals surface area contributed by atoms with E-state index in [-0.39, 0.29) is 18.1 Å². The summed E-state index contributed by atoms with van der Waals surface area (Å²) in [5.41, 5.74) is -0.438. The molecule has 1 spiro atoms. The van der Waals surface area contributed by atoms with Crippen LogP contribution < -0.4 is 0 Å². The number of pyridine rings is 1. The van der Waals surface area contributed by atoms with Crippen LogP contribution in [0.2, 0.25) is 0 Å². The lowest BCUT2D eigenvalue weighted by Crippen LogP contribution is -2.57. The standard InChI is InChI=1S/C19H19F2N3O2/c1-23-9-8-18(17(23)26)10-19(20,21)12-24(11-18)16(25)15-7-6-13-4-2-3-5-14(13)22-15/h2-7H,8-12H2,1H3/t18-/m0/s1. The number of hydrogen-bond acceptors (Lipinski definition) is 3. The Hall–Kier alpha value is -2.57. The lowest BCUT2D eigenvalue weighted by Gasteiger charge is -2.42. The summed E-state index contributed by atoms with van der Waals surface area (Å²) in [6, 6.07) is 10.6. The molecule has 0 saturated carbocycles. The Morgan fingerprint density at radius 2 is 1.92 bits per heavy atom. The van der Waals surface area contributed by atoms with Crippen LogP contribution >= 0.6 is 0 Å². The van der Waals surface area contributed by atoms with Gasteiger partial charge < -0.3 is 9.80 Å². The summed E-state index contributed by atoms with van der Waals surface area (Å²) in [5.74, 6) is -3.95. The topological polar surface area (TPSA) is 53.5 Å². The molecule has 26 heavy (non-hydrogen) atoms. The van der Waals surface area contributed by atoms with Crippen LogP contribution in [-0.4, -0.2) is 59.2 Å². The normalized spacial score (nSPS) is 25.3. The number of carbonyl (C=O) groups excluding carboxylic acids is 2. The Kier molecular flexibility index (Phi) is 3.71. The highest BCUT2D eigenvalue weighted by atomic mass is 19.3. The number of aromatic nitrogens is 1. The molecule has 0 N–H and O–H groups in total. The SMILES string of the molecule is CN1CC[C@]2(CN(C(=O)c3ccc4ccccc4n3)CC(F)(F)C2)C1=O. The number of alkyl halides is 2. The van der Waals surface area contributed by atoms with Gasteiger partial charge in [0.25, 0.3) is 11.8 Å². The van der Waals surface area contributed by atoms with Crippen molar-refractivity contribution >= 4 is 22.7 Å². The number of para-hydroxylation sites is 1. The van der Waals surface area contributed by atoms with Crippen molar-refractivity contribution < 1.29 is 18.4 Å². The van der Waals surface area contributed by atoms with Crippen molar-refractivity contribution in [2.75, 3.05) is 26.7 Å². The minimum atomic E-state index is -3.09. The number of carbonyl (C=O) groups is 2. The van der Waals surface area contributed by atoms with Crippen molar-refractivity contribution in [1.82, 2.24) is 14.8 Å². The maximum atomic E-state index is 14.4. The monoisotopic (exact) mass is 359 g/mol. The van der Waals surface area contributed by atoms with Crippen molar-refractivity contribution in [2.45, 2.75) is 18.8 Å². The van der Waals surface area contributed by atoms with Crippen LogP contribution in [-0.2, 0) is 4.79 Å². The predicted molar refractivity (Wildman–Crippen MR) is 91.9 cm³/mol. The van der Waals surface area contributed by atoms with Gasteiger partial charge in [0.1, 0.15) is 5.69 Å². The second-order valence-electron chi connectivity index (χ2n) is 7.34. The second kappa shape index (κ2) is 5.72. The Balaban J connectivity index is 1.67. The number of fused-ring (bicyclic) bond motifs is 1. The molecule has 2 aliphatic rings. The van der Waals surface area contributed by atoms with E-state index < -0.39 is 30.2 Å². The minimum Gasteiger partial charge on any atom is -0.345 e. The molecule has 7 heteroatoms. The first kappa shape index (κ1) is 16.9. The average Bonchev–Trinajstić information content (AvgIpc) is 2.87. The van der Waals surface area contributed by atoms with Crippen molar-refractivity contribution in [3.63, 3.8) is 0 Å². The molecule has 2 fully saturated rings. The Bertz CT molecular complexity index is 901. The van der Waals surface area contributed by atoms with Gasteiger partial charge in [0, 0.05) is 31.9 Å². The number of piperidine rings is 1. The quantitative estimate of drug-likeness (QED) is 0.786. The minimum absolute atomic E-state index is 0.0130. The molecule has 136 valence electrons. The van der Waals surface area contributed by atoms with Crippen LogP contribution in [0.4, 0.5) is 8.78 Å². The number of hydrogen-bond donors (Lipinski definition) is 0. The van der Waals surface area contributed by atoms with E-state index >= 15 is 0 Å². The molecule has 2 amide bonds. The van der Waals surface area contributed by atoms with E-state index in [1.807, 2.05) is 12.1 Å². The van der Waals surface area contributed by atoms with Crippen molar-refractivity contribution in [1.29, 1.82) is 0 Å². The van der Waals surface area contributed by atoms with Gasteiger partial charge in [-0.05, 0) is 18.6 Å². The van der Waals surface area contributed by atoms with Crippen molar-refractivity contribution in [3.05, 3.63) is 42.1 Å². The third-order valence-corrected chi connectivity index (χ3v) is 5.34. The first-order chi connectivity index (χ1) is 12.3. The summed E-state index contributed by atoms with van der Waals surface area (Å²) in [4.78, 5) is 32.2. The van der Waals surface area contributed by atoms with E-state index in [9.17, 15) is 18.4 Å². The fourth-order valence-electron chi connectivity index (χ4n) is 4.10. The smallest absolute Gasteiger partial charge is 0.272 e. The Morgan fingerprint density at radius 1 is 1.15 bits per heavy atom. The summed E-state index contributed by atoms with van der Waals surface area (Å²) >= 11 is 0. The molecule has 0 bridgehead atoms. The number of benzene rings is 1. The first-order valence-corrected chi connectivity index (χ1v) is 8.58. The highest BCUT2D eigenvalue weighted by Gasteiger charge is 2.57. The zero-order chi connectivity index (χ0) is 18.5. The number of amides is 2. The van der Waals surface area contributed by atoms with Crippen molar-refractivity contribution in [2.24, 2.45) is 5.41 Å². The molecule has 0 aliphatic carbocycles. The van der Waals surface area contributed by atoms with Crippen LogP contribution in [0.15, 0.2) is 36.4 Å². The molecule has 2 aliphatic heterocycles. The molecule has 0 radical (unpaired) electrons. The highest BCUT2D eigenvalue weighted by molar-refractivity contribution is 5.96. The van der Waals surface area contributed by atoms with Gasteiger partial charge in [0.05, 0.1) is 17.5 Å². The van der Waals surface area contributed by atoms with Crippen LogP contribution in [0.3, 0.4) is 0 Å². The van der Waals surface area contributed by atoms with E-state index in [0.717, 1.165) is 10.3 Å². The van der Waals surface area contributed by atoms with Gasteiger partial charge >= 0.3 is 0 Å². The Morgan fingerprint density at radius 3 is 2.65 bits per heavy atom. The van der Waals surface area contributed by atoms with Gasteiger partial charge in [-0.15, -0.1) is 0 Å². The van der Waals surface area contributed by atoms with Gasteiger partial charge in [-0.25, -0.2) is 13.8 Å². The molecular formula is C19H19F2N3O2. The maximum absolute atomic E-state index is 14.4. The highest BCUT2D eigenvalue weighted by Crippen LogP contribution is 2.45. The van der Waals surface area contributed by atoms with Gasteiger partial charge in [-0.3, -0.25) is 9.59 Å². The summed E-state index contributed by atoms with van der Waals surface area (Å²) < 4.78 is 28.8. The molecule has 1 aromatic carbocycles. The lowest BCUT2D eigenvalue weighted by atomic mass is 9.77. The Labute approximate surface area is 149 Å². The summed E-state index contributed by atoms with van der Waals surface area (Å²) in [7, 11) is 1.61. The van der Waals surface area contributed by atoms with Crippen molar-refractivity contribution in [3.8, 4) is 0 Å². The fourth-order valence-corrected chi connectivity index (χ4v) is 4.10. The number of rotatable bonds is 1. The van der Waals surface area contributed by atoms with Gasteiger partial charge in [-0.2, -0.15) is 0 Å². The molecule has 2 saturated heterocycles. The van der Waals surface area contributed by atoms with Gasteiger partial charge in [0.2, 0.25) is 5.91 Å². The zero-order valence-corrected chi connectivity index (χ0v) is 14.4. The van der Waals surface area contributed by atoms with E-state index in [2.05, 4.69) is 4.98 Å². The third kappa shape index (κ3) is 2.71. The van der Waals surface area contributed by atoms with Crippen LogP contribution in [0.25, 0.3) is 10.9 Å². The molecule has 1 aromatic heterocycles. The lowest BCUT2D eigenvalue weighted by molar-refractivity contribution is -0.150. The molecule has 5 nitrogen and oxygen atoms in total. The molecule has 2 aromatic rings. The third-order valence-electron chi connectivity index (χ3n) is 5.34. The van der Waals surface area contributed by atoms with Gasteiger partial charge in [0.15, 0.2) is 0 Å². The fraction of sp³-hybridized carbons (Fsp3) is 0.421. The van der Waals surface area contributed by atoms with Gasteiger partial charge in [-0.1, -0.05) is 24.3 Å². The number of halogens is 2. The second-order valence-corrected chi connectivity index (χ2v) is 7.34. The molecule has 3 heterocycles. The number of likely N-dealkylation sites (tertiary alicyclic amines) is 2. The summed E-state index contributed by atoms with van der Waals surface area (Å²) in [6.45, 7) is -0.233. The first-order valence-electron chi connectivity index (χ1n) is 8.58. The average molecular weight is 359 g/mol. The molecule has 0 unspecified atom stereocenters. The largest absolute Gasteiger partial charge is 0.345 e. The van der Waals surface area contributed by atoms with E-state index in [1.54, 1.807) is 31.3 Å². The van der Waals surface area contributed by atoms with E-state index in [1.165, 1.54) is 4.90 Å². The predicted octanol–water partition coefficient (Wildman–Crippen LogP) is 2.56. The number of nitrogens with zero attached hydrogens (tertiary/aromatic N) is 3. The summed E-state index contributed by atoms with van der Waals surface area (Å²) in [6.07, 6.45) is -0.162. The molecule has 4 rings (SSSR count). The van der Waals surface area contributed by atoms with Crippen LogP contribution in [0.1, 0.15) is 23.3 Å². The molecular weight excluding hydrogens is 340 g/mol.